The summed E-state index contributed by atoms with van der Waals surface area (Å²) < 4.78 is 17.7. The average molecular weight is 499 g/mol. The minimum absolute atomic E-state index is 0.0950. The van der Waals surface area contributed by atoms with Crippen LogP contribution in [0.3, 0.4) is 0 Å². The zero-order valence-corrected chi connectivity index (χ0v) is 20.1. The molecular formula is C23H26N6O5S. The number of rotatable bonds is 5. The smallest absolute Gasteiger partial charge is 0.410 e. The third-order valence-corrected chi connectivity index (χ3v) is 6.80. The molecule has 2 unspecified atom stereocenters. The number of piperazine rings is 1. The molecule has 11 nitrogen and oxygen atoms in total. The number of hydrogen-bond donors (Lipinski definition) is 1. The van der Waals surface area contributed by atoms with Gasteiger partial charge in [0.2, 0.25) is 0 Å². The highest BCUT2D eigenvalue weighted by Gasteiger charge is 2.35. The Morgan fingerprint density at radius 1 is 1.26 bits per heavy atom. The van der Waals surface area contributed by atoms with E-state index in [4.69, 9.17) is 4.74 Å². The molecule has 2 aliphatic heterocycles. The molecule has 1 saturated heterocycles. The lowest BCUT2D eigenvalue weighted by atomic mass is 10.0. The summed E-state index contributed by atoms with van der Waals surface area (Å²) in [4.78, 5) is 38.0. The van der Waals surface area contributed by atoms with Gasteiger partial charge in [-0.25, -0.2) is 9.59 Å². The number of benzene rings is 1. The summed E-state index contributed by atoms with van der Waals surface area (Å²) in [5.41, 5.74) is 2.22. The van der Waals surface area contributed by atoms with E-state index < -0.39 is 29.4 Å². The SMILES string of the molecule is C[S+]([O-])c1nc2c(c(N3CCN(C(=O)OCc4ccccc4)C(CC#N)C3)n1)CCN(C(=O)O)C2. The second-order valence-corrected chi connectivity index (χ2v) is 9.63. The Bertz CT molecular complexity index is 1130. The van der Waals surface area contributed by atoms with E-state index in [0.29, 0.717) is 44.1 Å². The third kappa shape index (κ3) is 5.58. The fourth-order valence-electron chi connectivity index (χ4n) is 4.31. The van der Waals surface area contributed by atoms with Crippen molar-refractivity contribution >= 4 is 29.2 Å². The number of hydrogen-bond acceptors (Lipinski definition) is 8. The Hall–Kier alpha value is -3.56. The lowest BCUT2D eigenvalue weighted by Crippen LogP contribution is -2.56. The molecule has 2 atom stereocenters. The summed E-state index contributed by atoms with van der Waals surface area (Å²) in [5.74, 6) is 0.588. The van der Waals surface area contributed by atoms with Gasteiger partial charge < -0.3 is 29.1 Å². The number of carbonyl (C=O) groups excluding carboxylic acids is 1. The van der Waals surface area contributed by atoms with Crippen molar-refractivity contribution in [2.24, 2.45) is 0 Å². The van der Waals surface area contributed by atoms with Crippen molar-refractivity contribution in [3.63, 3.8) is 0 Å². The number of aromatic nitrogens is 2. The maximum atomic E-state index is 12.8. The number of nitrogens with zero attached hydrogens (tertiary/aromatic N) is 6. The second kappa shape index (κ2) is 10.8. The van der Waals surface area contributed by atoms with Gasteiger partial charge in [0.1, 0.15) is 18.7 Å². The van der Waals surface area contributed by atoms with Crippen LogP contribution in [0, 0.1) is 11.3 Å². The fourth-order valence-corrected chi connectivity index (χ4v) is 4.77. The first-order chi connectivity index (χ1) is 16.9. The van der Waals surface area contributed by atoms with Crippen LogP contribution in [-0.4, -0.2) is 80.1 Å². The van der Waals surface area contributed by atoms with Crippen molar-refractivity contribution < 1.29 is 24.0 Å². The first-order valence-electron chi connectivity index (χ1n) is 11.2. The van der Waals surface area contributed by atoms with Gasteiger partial charge >= 0.3 is 17.3 Å². The molecule has 35 heavy (non-hydrogen) atoms. The molecule has 0 spiro atoms. The molecule has 2 aliphatic rings. The molecule has 1 N–H and O–H groups in total. The van der Waals surface area contributed by atoms with Crippen molar-refractivity contribution in [2.45, 2.75) is 37.2 Å². The van der Waals surface area contributed by atoms with Gasteiger partial charge in [-0.2, -0.15) is 15.2 Å². The van der Waals surface area contributed by atoms with E-state index in [1.54, 1.807) is 4.90 Å². The zero-order valence-electron chi connectivity index (χ0n) is 19.3. The standard InChI is InChI=1S/C23H26N6O5S/c1-35(33)21-25-19-14-28(22(30)31)10-8-18(19)20(26-21)27-11-12-29(17(13-27)7-9-24)23(32)34-15-16-5-3-2-4-6-16/h2-6,17H,7-8,10-15H2,1H3,(H,30,31). The van der Waals surface area contributed by atoms with E-state index in [0.717, 1.165) is 11.1 Å². The molecule has 3 heterocycles. The van der Waals surface area contributed by atoms with Crippen molar-refractivity contribution in [1.82, 2.24) is 19.8 Å². The highest BCUT2D eigenvalue weighted by atomic mass is 32.2. The Balaban J connectivity index is 1.54. The molecule has 0 bridgehead atoms. The molecule has 12 heteroatoms. The number of carbonyl (C=O) groups is 2. The van der Waals surface area contributed by atoms with Gasteiger partial charge in [-0.05, 0) is 12.0 Å². The average Bonchev–Trinajstić information content (AvgIpc) is 2.87. The molecule has 1 fully saturated rings. The molecule has 0 radical (unpaired) electrons. The predicted octanol–water partition coefficient (Wildman–Crippen LogP) is 1.99. The molecule has 2 aromatic rings. The summed E-state index contributed by atoms with van der Waals surface area (Å²) in [5, 5.41) is 18.9. The van der Waals surface area contributed by atoms with Crippen LogP contribution in [0.5, 0.6) is 0 Å². The molecule has 0 saturated carbocycles. The molecule has 184 valence electrons. The van der Waals surface area contributed by atoms with Crippen LogP contribution < -0.4 is 4.90 Å². The molecule has 1 aromatic carbocycles. The Kier molecular flexibility index (Phi) is 7.57. The number of carboxylic acid groups (broad SMARTS) is 1. The Morgan fingerprint density at radius 2 is 2.03 bits per heavy atom. The van der Waals surface area contributed by atoms with E-state index in [2.05, 4.69) is 16.0 Å². The van der Waals surface area contributed by atoms with Gasteiger partial charge in [0.25, 0.3) is 0 Å². The van der Waals surface area contributed by atoms with Crippen LogP contribution >= 0.6 is 0 Å². The Morgan fingerprint density at radius 3 is 2.71 bits per heavy atom. The van der Waals surface area contributed by atoms with E-state index in [1.807, 2.05) is 35.2 Å². The lowest BCUT2D eigenvalue weighted by molar-refractivity contribution is 0.0767. The summed E-state index contributed by atoms with van der Waals surface area (Å²) in [6, 6.07) is 11.1. The fraction of sp³-hybridized carbons (Fsp3) is 0.435. The van der Waals surface area contributed by atoms with E-state index in [-0.39, 0.29) is 24.7 Å². The molecule has 1 aromatic heterocycles. The van der Waals surface area contributed by atoms with Crippen LogP contribution in [0.4, 0.5) is 15.4 Å². The number of ether oxygens (including phenoxy) is 1. The van der Waals surface area contributed by atoms with Gasteiger partial charge in [-0.15, -0.1) is 0 Å². The van der Waals surface area contributed by atoms with Gasteiger partial charge in [-0.1, -0.05) is 30.3 Å². The number of nitriles is 1. The highest BCUT2D eigenvalue weighted by Crippen LogP contribution is 2.30. The van der Waals surface area contributed by atoms with Gasteiger partial charge in [0, 0.05) is 42.9 Å². The normalized spacial score (nSPS) is 18.4. The van der Waals surface area contributed by atoms with Crippen molar-refractivity contribution in [2.75, 3.05) is 37.3 Å². The van der Waals surface area contributed by atoms with Crippen LogP contribution in [0.1, 0.15) is 23.2 Å². The number of fused-ring (bicyclic) bond motifs is 1. The molecule has 2 amide bonds. The third-order valence-electron chi connectivity index (χ3n) is 6.10. The summed E-state index contributed by atoms with van der Waals surface area (Å²) in [7, 11) is 0. The molecular weight excluding hydrogens is 472 g/mol. The van der Waals surface area contributed by atoms with E-state index in [9.17, 15) is 24.5 Å². The maximum absolute atomic E-state index is 12.8. The van der Waals surface area contributed by atoms with Crippen molar-refractivity contribution in [3.8, 4) is 6.07 Å². The zero-order chi connectivity index (χ0) is 24.9. The van der Waals surface area contributed by atoms with Crippen molar-refractivity contribution in [1.29, 1.82) is 5.26 Å². The monoisotopic (exact) mass is 498 g/mol. The van der Waals surface area contributed by atoms with Crippen LogP contribution in [0.15, 0.2) is 35.5 Å². The number of anilines is 1. The molecule has 0 aliphatic carbocycles. The topological polar surface area (TPSA) is 146 Å². The van der Waals surface area contributed by atoms with Gasteiger partial charge in [0.15, 0.2) is 0 Å². The second-order valence-electron chi connectivity index (χ2n) is 8.36. The van der Waals surface area contributed by atoms with E-state index >= 15 is 0 Å². The highest BCUT2D eigenvalue weighted by molar-refractivity contribution is 7.90. The maximum Gasteiger partial charge on any atom is 0.410 e. The van der Waals surface area contributed by atoms with Crippen LogP contribution in [0.25, 0.3) is 0 Å². The van der Waals surface area contributed by atoms with Gasteiger partial charge in [-0.3, -0.25) is 0 Å². The lowest BCUT2D eigenvalue weighted by Gasteiger charge is -2.41. The summed E-state index contributed by atoms with van der Waals surface area (Å²) >= 11 is -1.46. The summed E-state index contributed by atoms with van der Waals surface area (Å²) in [6.07, 6.45) is 0.500. The number of amides is 2. The minimum Gasteiger partial charge on any atom is -0.609 e. The van der Waals surface area contributed by atoms with Gasteiger partial charge in [0.05, 0.1) is 30.8 Å². The first kappa shape index (κ1) is 24.6. The first-order valence-corrected chi connectivity index (χ1v) is 12.7. The Labute approximate surface area is 206 Å². The quantitative estimate of drug-likeness (QED) is 0.483. The summed E-state index contributed by atoms with van der Waals surface area (Å²) in [6.45, 7) is 1.65. The van der Waals surface area contributed by atoms with Crippen LogP contribution in [-0.2, 0) is 35.5 Å². The van der Waals surface area contributed by atoms with Crippen LogP contribution in [0.2, 0.25) is 0 Å². The largest absolute Gasteiger partial charge is 0.609 e. The predicted molar refractivity (Wildman–Crippen MR) is 126 cm³/mol. The van der Waals surface area contributed by atoms with Crippen molar-refractivity contribution in [3.05, 3.63) is 47.2 Å². The van der Waals surface area contributed by atoms with E-state index in [1.165, 1.54) is 11.2 Å². The minimum atomic E-state index is -1.46. The molecule has 4 rings (SSSR count).